The minimum Gasteiger partial charge on any atom is -0.323 e. The van der Waals surface area contributed by atoms with Gasteiger partial charge < -0.3 is 5.32 Å². The van der Waals surface area contributed by atoms with E-state index in [-0.39, 0.29) is 23.8 Å². The molecular weight excluding hydrogens is 311 g/mol. The lowest BCUT2D eigenvalue weighted by Gasteiger charge is -2.28. The van der Waals surface area contributed by atoms with Crippen LogP contribution in [0.3, 0.4) is 0 Å². The maximum Gasteiger partial charge on any atom is 0.413 e. The second kappa shape index (κ2) is 4.40. The largest absolute Gasteiger partial charge is 0.413 e. The Morgan fingerprint density at radius 2 is 1.82 bits per heavy atom. The molecule has 0 aromatic heterocycles. The fourth-order valence-electron chi connectivity index (χ4n) is 2.52. The Kier molecular flexibility index (Phi) is 2.95. The average Bonchev–Trinajstić information content (AvgIpc) is 3.11. The first-order valence-electron chi connectivity index (χ1n) is 6.33. The average molecular weight is 320 g/mol. The van der Waals surface area contributed by atoms with Crippen molar-refractivity contribution >= 4 is 11.9 Å². The summed E-state index contributed by atoms with van der Waals surface area (Å²) in [5, 5.41) is 2.20. The monoisotopic (exact) mass is 320 g/mol. The van der Waals surface area contributed by atoms with Gasteiger partial charge in [-0.1, -0.05) is 6.07 Å². The molecule has 1 aliphatic carbocycles. The van der Waals surface area contributed by atoms with Gasteiger partial charge in [-0.15, -0.1) is 0 Å². The van der Waals surface area contributed by atoms with Gasteiger partial charge in [0.15, 0.2) is 6.04 Å². The lowest BCUT2D eigenvalue weighted by Crippen LogP contribution is -2.43. The fourth-order valence-corrected chi connectivity index (χ4v) is 2.52. The molecule has 118 valence electrons. The standard InChI is InChI=1S/C13H9F5N2O2/c14-6-1-2-7(8(15)5-6)9(13(16,17)18)20-10(21)12(3-4-12)19-11(20)22/h1-2,5,9H,3-4H2,(H,19,22). The molecule has 1 N–H and O–H groups in total. The third-order valence-electron chi connectivity index (χ3n) is 3.77. The van der Waals surface area contributed by atoms with Crippen LogP contribution in [-0.2, 0) is 4.79 Å². The van der Waals surface area contributed by atoms with Crippen molar-refractivity contribution in [3.05, 3.63) is 35.4 Å². The summed E-state index contributed by atoms with van der Waals surface area (Å²) < 4.78 is 66.6. The molecule has 1 aromatic carbocycles. The van der Waals surface area contributed by atoms with E-state index in [1.165, 1.54) is 0 Å². The molecular formula is C13H9F5N2O2. The van der Waals surface area contributed by atoms with Gasteiger partial charge in [-0.2, -0.15) is 13.2 Å². The van der Waals surface area contributed by atoms with E-state index in [0.717, 1.165) is 0 Å². The van der Waals surface area contributed by atoms with Gasteiger partial charge in [0, 0.05) is 11.6 Å². The highest BCUT2D eigenvalue weighted by Crippen LogP contribution is 2.47. The predicted molar refractivity (Wildman–Crippen MR) is 62.5 cm³/mol. The van der Waals surface area contributed by atoms with E-state index in [1.54, 1.807) is 0 Å². The highest BCUT2D eigenvalue weighted by molar-refractivity contribution is 6.09. The number of urea groups is 1. The van der Waals surface area contributed by atoms with Crippen LogP contribution in [0.5, 0.6) is 0 Å². The van der Waals surface area contributed by atoms with Gasteiger partial charge in [-0.3, -0.25) is 4.79 Å². The molecule has 0 bridgehead atoms. The highest BCUT2D eigenvalue weighted by atomic mass is 19.4. The summed E-state index contributed by atoms with van der Waals surface area (Å²) in [5.41, 5.74) is -2.27. The zero-order valence-corrected chi connectivity index (χ0v) is 10.9. The molecule has 1 heterocycles. The first kappa shape index (κ1) is 14.7. The molecule has 2 aliphatic rings. The molecule has 1 spiro atoms. The molecule has 0 radical (unpaired) electrons. The lowest BCUT2D eigenvalue weighted by atomic mass is 10.0. The molecule has 9 heteroatoms. The van der Waals surface area contributed by atoms with Crippen LogP contribution in [0, 0.1) is 11.6 Å². The number of hydrogen-bond acceptors (Lipinski definition) is 2. The van der Waals surface area contributed by atoms with Crippen molar-refractivity contribution in [1.82, 2.24) is 10.2 Å². The van der Waals surface area contributed by atoms with E-state index in [4.69, 9.17) is 0 Å². The molecule has 1 unspecified atom stereocenters. The number of amides is 3. The minimum atomic E-state index is -5.09. The Morgan fingerprint density at radius 1 is 1.18 bits per heavy atom. The summed E-state index contributed by atoms with van der Waals surface area (Å²) in [6.45, 7) is 0. The number of hydrogen-bond donors (Lipinski definition) is 1. The normalized spacial score (nSPS) is 21.2. The van der Waals surface area contributed by atoms with Crippen LogP contribution >= 0.6 is 0 Å². The molecule has 1 atom stereocenters. The van der Waals surface area contributed by atoms with E-state index in [0.29, 0.717) is 12.1 Å². The third-order valence-corrected chi connectivity index (χ3v) is 3.77. The van der Waals surface area contributed by atoms with Crippen LogP contribution in [0.15, 0.2) is 18.2 Å². The summed E-state index contributed by atoms with van der Waals surface area (Å²) in [5.74, 6) is -3.57. The number of halogens is 5. The minimum absolute atomic E-state index is 0.0245. The van der Waals surface area contributed by atoms with Crippen molar-refractivity contribution in [3.8, 4) is 0 Å². The van der Waals surface area contributed by atoms with Gasteiger partial charge in [0.05, 0.1) is 0 Å². The molecule has 2 fully saturated rings. The Bertz CT molecular complexity index is 669. The van der Waals surface area contributed by atoms with E-state index in [9.17, 15) is 31.5 Å². The van der Waals surface area contributed by atoms with Crippen molar-refractivity contribution in [3.63, 3.8) is 0 Å². The van der Waals surface area contributed by atoms with Gasteiger partial charge in [-0.25, -0.2) is 18.5 Å². The first-order valence-corrected chi connectivity index (χ1v) is 6.33. The van der Waals surface area contributed by atoms with Crippen molar-refractivity contribution < 1.29 is 31.5 Å². The van der Waals surface area contributed by atoms with Crippen molar-refractivity contribution in [1.29, 1.82) is 0 Å². The predicted octanol–water partition coefficient (Wildman–Crippen LogP) is 2.65. The smallest absolute Gasteiger partial charge is 0.323 e. The molecule has 1 saturated heterocycles. The molecule has 4 nitrogen and oxygen atoms in total. The lowest BCUT2D eigenvalue weighted by molar-refractivity contribution is -0.183. The van der Waals surface area contributed by atoms with Crippen LogP contribution in [0.1, 0.15) is 24.4 Å². The second-order valence-electron chi connectivity index (χ2n) is 5.30. The highest BCUT2D eigenvalue weighted by Gasteiger charge is 2.64. The van der Waals surface area contributed by atoms with Crippen molar-refractivity contribution in [2.24, 2.45) is 0 Å². The Labute approximate surface area is 120 Å². The first-order chi connectivity index (χ1) is 10.2. The van der Waals surface area contributed by atoms with Crippen molar-refractivity contribution in [2.45, 2.75) is 30.6 Å². The Hall–Kier alpha value is -2.19. The summed E-state index contributed by atoms with van der Waals surface area (Å²) in [6.07, 6.45) is -4.61. The van der Waals surface area contributed by atoms with E-state index >= 15 is 0 Å². The molecule has 1 saturated carbocycles. The molecule has 1 aliphatic heterocycles. The number of benzene rings is 1. The summed E-state index contributed by atoms with van der Waals surface area (Å²) >= 11 is 0. The van der Waals surface area contributed by atoms with Crippen LogP contribution in [-0.4, -0.2) is 28.6 Å². The Morgan fingerprint density at radius 3 is 2.27 bits per heavy atom. The van der Waals surface area contributed by atoms with E-state index in [1.807, 2.05) is 0 Å². The van der Waals surface area contributed by atoms with E-state index in [2.05, 4.69) is 5.32 Å². The van der Waals surface area contributed by atoms with Gasteiger partial charge in [0.2, 0.25) is 0 Å². The van der Waals surface area contributed by atoms with Crippen LogP contribution < -0.4 is 5.32 Å². The number of carbonyl (C=O) groups excluding carboxylic acids is 2. The quantitative estimate of drug-likeness (QED) is 0.673. The topological polar surface area (TPSA) is 49.4 Å². The zero-order chi connectivity index (χ0) is 16.3. The number of alkyl halides is 3. The molecule has 1 aromatic rings. The molecule has 3 rings (SSSR count). The zero-order valence-electron chi connectivity index (χ0n) is 10.9. The Balaban J connectivity index is 2.08. The SMILES string of the molecule is O=C1NC2(CC2)C(=O)N1C(c1ccc(F)cc1F)C(F)(F)F. The third kappa shape index (κ3) is 2.11. The summed E-state index contributed by atoms with van der Waals surface area (Å²) in [4.78, 5) is 23.8. The number of nitrogens with one attached hydrogen (secondary N) is 1. The van der Waals surface area contributed by atoms with Gasteiger partial charge >= 0.3 is 12.2 Å². The number of nitrogens with zero attached hydrogens (tertiary/aromatic N) is 1. The van der Waals surface area contributed by atoms with Gasteiger partial charge in [0.25, 0.3) is 5.91 Å². The molecule has 22 heavy (non-hydrogen) atoms. The summed E-state index contributed by atoms with van der Waals surface area (Å²) in [6, 6.07) is -2.52. The second-order valence-corrected chi connectivity index (χ2v) is 5.30. The van der Waals surface area contributed by atoms with Crippen LogP contribution in [0.2, 0.25) is 0 Å². The number of imide groups is 1. The summed E-state index contributed by atoms with van der Waals surface area (Å²) in [7, 11) is 0. The maximum absolute atomic E-state index is 13.7. The molecule has 3 amide bonds. The van der Waals surface area contributed by atoms with Crippen molar-refractivity contribution in [2.75, 3.05) is 0 Å². The fraction of sp³-hybridized carbons (Fsp3) is 0.385. The number of rotatable bonds is 2. The van der Waals surface area contributed by atoms with E-state index < -0.39 is 46.9 Å². The maximum atomic E-state index is 13.7. The van der Waals surface area contributed by atoms with Crippen LogP contribution in [0.4, 0.5) is 26.7 Å². The van der Waals surface area contributed by atoms with Crippen LogP contribution in [0.25, 0.3) is 0 Å². The van der Waals surface area contributed by atoms with Gasteiger partial charge in [-0.05, 0) is 18.9 Å². The number of carbonyl (C=O) groups is 2. The van der Waals surface area contributed by atoms with Gasteiger partial charge in [0.1, 0.15) is 17.2 Å².